The molecule has 0 aromatic carbocycles. The number of rotatable bonds is 6. The average molecular weight is 185 g/mol. The van der Waals surface area contributed by atoms with Crippen LogP contribution in [0, 0.1) is 0 Å². The van der Waals surface area contributed by atoms with E-state index in [-0.39, 0.29) is 18.8 Å². The molecule has 0 saturated carbocycles. The summed E-state index contributed by atoms with van der Waals surface area (Å²) in [6.45, 7) is 1.50. The summed E-state index contributed by atoms with van der Waals surface area (Å²) in [7, 11) is 0. The molecule has 0 aliphatic carbocycles. The van der Waals surface area contributed by atoms with Crippen LogP contribution in [0.15, 0.2) is 11.6 Å². The van der Waals surface area contributed by atoms with Crippen LogP contribution in [0.25, 0.3) is 0 Å². The highest BCUT2D eigenvalue weighted by molar-refractivity contribution is 5.91. The smallest absolute Gasteiger partial charge is 0.244 e. The summed E-state index contributed by atoms with van der Waals surface area (Å²) in [4.78, 5) is 21.4. The molecule has 0 atom stereocenters. The van der Waals surface area contributed by atoms with Crippen LogP contribution in [0.4, 0.5) is 0 Å². The van der Waals surface area contributed by atoms with Crippen molar-refractivity contribution in [2.75, 3.05) is 6.61 Å². The summed E-state index contributed by atoms with van der Waals surface area (Å²) in [5.41, 5.74) is 5.45. The number of ketones is 1. The Bertz CT molecular complexity index is 221. The van der Waals surface area contributed by atoms with Gasteiger partial charge in [0.05, 0.1) is 0 Å². The third-order valence-electron chi connectivity index (χ3n) is 1.65. The van der Waals surface area contributed by atoms with Crippen molar-refractivity contribution in [1.29, 1.82) is 0 Å². The molecule has 4 heteroatoms. The third-order valence-corrected chi connectivity index (χ3v) is 1.65. The van der Waals surface area contributed by atoms with Crippen LogP contribution in [0.2, 0.25) is 0 Å². The van der Waals surface area contributed by atoms with Crippen LogP contribution in [-0.4, -0.2) is 23.4 Å². The molecule has 74 valence electrons. The van der Waals surface area contributed by atoms with E-state index in [9.17, 15) is 9.59 Å². The first kappa shape index (κ1) is 11.8. The molecule has 0 unspecified atom stereocenters. The van der Waals surface area contributed by atoms with Gasteiger partial charge < -0.3 is 10.8 Å². The van der Waals surface area contributed by atoms with E-state index < -0.39 is 5.91 Å². The van der Waals surface area contributed by atoms with Crippen molar-refractivity contribution >= 4 is 11.7 Å². The van der Waals surface area contributed by atoms with Gasteiger partial charge in [-0.2, -0.15) is 0 Å². The summed E-state index contributed by atoms with van der Waals surface area (Å²) in [6.07, 6.45) is 2.68. The fourth-order valence-electron chi connectivity index (χ4n) is 0.800. The van der Waals surface area contributed by atoms with Gasteiger partial charge in [0.1, 0.15) is 5.78 Å². The van der Waals surface area contributed by atoms with Crippen molar-refractivity contribution < 1.29 is 14.7 Å². The first-order chi connectivity index (χ1) is 6.07. The van der Waals surface area contributed by atoms with E-state index in [2.05, 4.69) is 0 Å². The topological polar surface area (TPSA) is 80.4 Å². The van der Waals surface area contributed by atoms with E-state index in [1.54, 1.807) is 13.0 Å². The number of primary amides is 1. The highest BCUT2D eigenvalue weighted by Gasteiger charge is 2.00. The quantitative estimate of drug-likeness (QED) is 0.578. The van der Waals surface area contributed by atoms with E-state index in [4.69, 9.17) is 10.8 Å². The molecule has 0 rings (SSSR count). The number of aliphatic hydroxyl groups excluding tert-OH is 1. The summed E-state index contributed by atoms with van der Waals surface area (Å²) in [6, 6.07) is 0. The molecule has 0 aliphatic rings. The monoisotopic (exact) mass is 185 g/mol. The number of carbonyl (C=O) groups excluding carboxylic acids is 2. The predicted molar refractivity (Wildman–Crippen MR) is 48.9 cm³/mol. The van der Waals surface area contributed by atoms with E-state index in [1.807, 2.05) is 0 Å². The molecule has 0 aromatic heterocycles. The molecule has 13 heavy (non-hydrogen) atoms. The Morgan fingerprint density at radius 3 is 2.46 bits per heavy atom. The minimum atomic E-state index is -0.463. The first-order valence-corrected chi connectivity index (χ1v) is 4.17. The summed E-state index contributed by atoms with van der Waals surface area (Å²) < 4.78 is 0. The van der Waals surface area contributed by atoms with Crippen LogP contribution >= 0.6 is 0 Å². The zero-order valence-electron chi connectivity index (χ0n) is 7.75. The molecule has 0 heterocycles. The molecule has 0 saturated heterocycles. The number of amides is 1. The van der Waals surface area contributed by atoms with Gasteiger partial charge in [0.2, 0.25) is 5.91 Å². The minimum absolute atomic E-state index is 0.00368. The fourth-order valence-corrected chi connectivity index (χ4v) is 0.800. The van der Waals surface area contributed by atoms with E-state index in [0.717, 1.165) is 0 Å². The predicted octanol–water partition coefficient (Wildman–Crippen LogP) is 0.150. The maximum Gasteiger partial charge on any atom is 0.244 e. The third kappa shape index (κ3) is 6.04. The summed E-state index contributed by atoms with van der Waals surface area (Å²) in [5.74, 6) is -0.467. The van der Waals surface area contributed by atoms with Crippen LogP contribution < -0.4 is 5.73 Å². The zero-order chi connectivity index (χ0) is 10.3. The van der Waals surface area contributed by atoms with E-state index >= 15 is 0 Å². The normalized spacial score (nSPS) is 11.4. The van der Waals surface area contributed by atoms with Crippen molar-refractivity contribution in [3.8, 4) is 0 Å². The average Bonchev–Trinajstić information content (AvgIpc) is 2.04. The number of hydrogen-bond acceptors (Lipinski definition) is 3. The fraction of sp³-hybridized carbons (Fsp3) is 0.556. The van der Waals surface area contributed by atoms with E-state index in [1.165, 1.54) is 0 Å². The van der Waals surface area contributed by atoms with Gasteiger partial charge in [0.25, 0.3) is 0 Å². The maximum atomic E-state index is 10.9. The number of Topliss-reactive ketones (excluding diaryl/α,β-unsaturated/α-hetero) is 1. The van der Waals surface area contributed by atoms with Crippen molar-refractivity contribution in [3.63, 3.8) is 0 Å². The Hall–Kier alpha value is -1.16. The zero-order valence-corrected chi connectivity index (χ0v) is 7.75. The number of allylic oxidation sites excluding steroid dienone is 1. The SMILES string of the molecule is C/C(=C\CCC(=O)CCO)C(N)=O. The van der Waals surface area contributed by atoms with Gasteiger partial charge >= 0.3 is 0 Å². The molecule has 0 aliphatic heterocycles. The van der Waals surface area contributed by atoms with Crippen molar-refractivity contribution in [2.24, 2.45) is 5.73 Å². The van der Waals surface area contributed by atoms with E-state index in [0.29, 0.717) is 18.4 Å². The molecule has 1 amide bonds. The lowest BCUT2D eigenvalue weighted by Gasteiger charge is -1.96. The minimum Gasteiger partial charge on any atom is -0.396 e. The molecule has 0 fully saturated rings. The van der Waals surface area contributed by atoms with Crippen molar-refractivity contribution in [3.05, 3.63) is 11.6 Å². The van der Waals surface area contributed by atoms with Gasteiger partial charge in [-0.05, 0) is 13.3 Å². The molecular formula is C9H15NO3. The number of hydrogen-bond donors (Lipinski definition) is 2. The molecule has 0 radical (unpaired) electrons. The van der Waals surface area contributed by atoms with Gasteiger partial charge in [0.15, 0.2) is 0 Å². The first-order valence-electron chi connectivity index (χ1n) is 4.17. The second kappa shape index (κ2) is 6.37. The van der Waals surface area contributed by atoms with Crippen molar-refractivity contribution in [1.82, 2.24) is 0 Å². The van der Waals surface area contributed by atoms with Gasteiger partial charge in [0, 0.05) is 25.0 Å². The molecule has 0 spiro atoms. The van der Waals surface area contributed by atoms with Gasteiger partial charge in [-0.15, -0.1) is 0 Å². The van der Waals surface area contributed by atoms with Gasteiger partial charge in [-0.3, -0.25) is 9.59 Å². The molecule has 0 bridgehead atoms. The van der Waals surface area contributed by atoms with Crippen LogP contribution in [0.1, 0.15) is 26.2 Å². The summed E-state index contributed by atoms with van der Waals surface area (Å²) in [5, 5.41) is 8.42. The Labute approximate surface area is 77.4 Å². The maximum absolute atomic E-state index is 10.9. The highest BCUT2D eigenvalue weighted by Crippen LogP contribution is 2.00. The lowest BCUT2D eigenvalue weighted by atomic mass is 10.1. The molecule has 0 aromatic rings. The lowest BCUT2D eigenvalue weighted by molar-refractivity contribution is -0.119. The second-order valence-electron chi connectivity index (χ2n) is 2.80. The molecule has 4 nitrogen and oxygen atoms in total. The second-order valence-corrected chi connectivity index (χ2v) is 2.80. The Morgan fingerprint density at radius 2 is 2.00 bits per heavy atom. The van der Waals surface area contributed by atoms with Crippen LogP contribution in [-0.2, 0) is 9.59 Å². The number of nitrogens with two attached hydrogens (primary N) is 1. The highest BCUT2D eigenvalue weighted by atomic mass is 16.3. The molecular weight excluding hydrogens is 170 g/mol. The number of aliphatic hydroxyl groups is 1. The van der Waals surface area contributed by atoms with Crippen LogP contribution in [0.5, 0.6) is 0 Å². The summed E-state index contributed by atoms with van der Waals surface area (Å²) >= 11 is 0. The van der Waals surface area contributed by atoms with Crippen molar-refractivity contribution in [2.45, 2.75) is 26.2 Å². The van der Waals surface area contributed by atoms with Gasteiger partial charge in [-0.25, -0.2) is 0 Å². The Balaban J connectivity index is 3.72. The number of carbonyl (C=O) groups is 2. The standard InChI is InChI=1S/C9H15NO3/c1-7(9(10)13)3-2-4-8(12)5-6-11/h3,11H,2,4-6H2,1H3,(H2,10,13)/b7-3+. The molecule has 3 N–H and O–H groups in total. The van der Waals surface area contributed by atoms with Crippen LogP contribution in [0.3, 0.4) is 0 Å². The lowest BCUT2D eigenvalue weighted by Crippen LogP contribution is -2.11. The largest absolute Gasteiger partial charge is 0.396 e. The van der Waals surface area contributed by atoms with Gasteiger partial charge in [-0.1, -0.05) is 6.08 Å². The Morgan fingerprint density at radius 1 is 1.38 bits per heavy atom. The Kier molecular flexibility index (Phi) is 5.80.